The maximum atomic E-state index is 12.8. The number of imidazole rings is 1. The average Bonchev–Trinajstić information content (AvgIpc) is 3.09. The normalized spacial score (nSPS) is 10.3. The summed E-state index contributed by atoms with van der Waals surface area (Å²) >= 11 is 1.42. The summed E-state index contributed by atoms with van der Waals surface area (Å²) in [5.41, 5.74) is 0.770. The van der Waals surface area contributed by atoms with Crippen LogP contribution in [0.4, 0.5) is 5.69 Å². The molecule has 0 bridgehead atoms. The van der Waals surface area contributed by atoms with Gasteiger partial charge in [-0.3, -0.25) is 4.79 Å². The molecule has 1 heterocycles. The third-order valence-corrected chi connectivity index (χ3v) is 4.66. The fraction of sp³-hybridized carbons (Fsp3) is 0.421. The van der Waals surface area contributed by atoms with Crippen molar-refractivity contribution in [1.29, 1.82) is 5.26 Å². The Morgan fingerprint density at radius 3 is 2.77 bits per heavy atom. The first-order chi connectivity index (χ1) is 12.7. The number of aromatic nitrogens is 2. The molecular formula is C19H24N4O2S. The highest BCUT2D eigenvalue weighted by atomic mass is 32.2. The summed E-state index contributed by atoms with van der Waals surface area (Å²) in [7, 11) is 0. The predicted molar refractivity (Wildman–Crippen MR) is 103 cm³/mol. The van der Waals surface area contributed by atoms with Gasteiger partial charge in [-0.25, -0.2) is 4.98 Å². The lowest BCUT2D eigenvalue weighted by Gasteiger charge is -2.22. The molecule has 0 unspecified atom stereocenters. The van der Waals surface area contributed by atoms with Crippen LogP contribution in [0.2, 0.25) is 0 Å². The number of thioether (sulfide) groups is 1. The fourth-order valence-electron chi connectivity index (χ4n) is 2.50. The molecule has 26 heavy (non-hydrogen) atoms. The Balaban J connectivity index is 2.06. The number of carbonyl (C=O) groups is 1. The fourth-order valence-corrected chi connectivity index (χ4v) is 3.36. The number of nitrogens with zero attached hydrogens (tertiary/aromatic N) is 4. The van der Waals surface area contributed by atoms with Crippen molar-refractivity contribution in [2.75, 3.05) is 23.8 Å². The Bertz CT molecular complexity index is 737. The zero-order chi connectivity index (χ0) is 18.8. The first-order valence-corrected chi connectivity index (χ1v) is 9.72. The Morgan fingerprint density at radius 1 is 1.35 bits per heavy atom. The van der Waals surface area contributed by atoms with Gasteiger partial charge in [0.1, 0.15) is 5.75 Å². The highest BCUT2D eigenvalue weighted by molar-refractivity contribution is 7.99. The van der Waals surface area contributed by atoms with Gasteiger partial charge in [0.15, 0.2) is 5.16 Å². The Hall–Kier alpha value is -2.46. The molecule has 2 rings (SSSR count). The number of hydrogen-bond donors (Lipinski definition) is 0. The number of anilines is 1. The molecule has 1 aromatic heterocycles. The first-order valence-electron chi connectivity index (χ1n) is 8.73. The molecule has 0 saturated carbocycles. The molecule has 0 N–H and O–H groups in total. The van der Waals surface area contributed by atoms with Crippen LogP contribution in [0, 0.1) is 11.3 Å². The van der Waals surface area contributed by atoms with Gasteiger partial charge in [-0.15, -0.1) is 0 Å². The maximum absolute atomic E-state index is 12.8. The van der Waals surface area contributed by atoms with Crippen molar-refractivity contribution in [2.45, 2.75) is 38.4 Å². The molecule has 138 valence electrons. The van der Waals surface area contributed by atoms with Crippen molar-refractivity contribution in [1.82, 2.24) is 9.55 Å². The SMILES string of the molecule is CCCn1ccnc1SCC(=O)N(CCC#N)c1ccc(OCC)cc1. The van der Waals surface area contributed by atoms with Crippen molar-refractivity contribution >= 4 is 23.4 Å². The van der Waals surface area contributed by atoms with E-state index in [-0.39, 0.29) is 18.1 Å². The van der Waals surface area contributed by atoms with E-state index >= 15 is 0 Å². The van der Waals surface area contributed by atoms with Crippen molar-refractivity contribution in [3.63, 3.8) is 0 Å². The molecule has 1 amide bonds. The van der Waals surface area contributed by atoms with E-state index in [1.165, 1.54) is 11.8 Å². The monoisotopic (exact) mass is 372 g/mol. The number of benzene rings is 1. The minimum absolute atomic E-state index is 0.0412. The summed E-state index contributed by atoms with van der Waals surface area (Å²) in [6.45, 7) is 5.88. The number of carbonyl (C=O) groups excluding carboxylic acids is 1. The predicted octanol–water partition coefficient (Wildman–Crippen LogP) is 3.73. The van der Waals surface area contributed by atoms with Gasteiger partial charge in [0.2, 0.25) is 5.91 Å². The molecule has 0 radical (unpaired) electrons. The van der Waals surface area contributed by atoms with Gasteiger partial charge in [-0.05, 0) is 37.6 Å². The minimum atomic E-state index is -0.0412. The second kappa shape index (κ2) is 10.5. The molecule has 7 heteroatoms. The highest BCUT2D eigenvalue weighted by Crippen LogP contribution is 2.22. The third-order valence-electron chi connectivity index (χ3n) is 3.67. The van der Waals surface area contributed by atoms with Crippen molar-refractivity contribution in [3.05, 3.63) is 36.7 Å². The molecule has 1 aromatic carbocycles. The van der Waals surface area contributed by atoms with Gasteiger partial charge in [-0.1, -0.05) is 18.7 Å². The molecule has 0 saturated heterocycles. The molecule has 0 fully saturated rings. The molecule has 0 aliphatic rings. The van der Waals surface area contributed by atoms with Gasteiger partial charge < -0.3 is 14.2 Å². The molecule has 6 nitrogen and oxygen atoms in total. The van der Waals surface area contributed by atoms with Crippen molar-refractivity contribution < 1.29 is 9.53 Å². The number of rotatable bonds is 10. The van der Waals surface area contributed by atoms with Crippen LogP contribution in [-0.2, 0) is 11.3 Å². The van der Waals surface area contributed by atoms with E-state index in [4.69, 9.17) is 10.00 Å². The van der Waals surface area contributed by atoms with Gasteiger partial charge in [-0.2, -0.15) is 5.26 Å². The molecule has 0 aliphatic carbocycles. The summed E-state index contributed by atoms with van der Waals surface area (Å²) < 4.78 is 7.49. The van der Waals surface area contributed by atoms with Gasteiger partial charge in [0, 0.05) is 31.2 Å². The van der Waals surface area contributed by atoms with Crippen LogP contribution in [0.1, 0.15) is 26.7 Å². The van der Waals surface area contributed by atoms with Crippen LogP contribution in [-0.4, -0.2) is 34.4 Å². The smallest absolute Gasteiger partial charge is 0.237 e. The van der Waals surface area contributed by atoms with Gasteiger partial charge >= 0.3 is 0 Å². The summed E-state index contributed by atoms with van der Waals surface area (Å²) in [5.74, 6) is 1.000. The number of hydrogen-bond acceptors (Lipinski definition) is 5. The van der Waals surface area contributed by atoms with Crippen LogP contribution in [0.25, 0.3) is 0 Å². The molecular weight excluding hydrogens is 348 g/mol. The lowest BCUT2D eigenvalue weighted by molar-refractivity contribution is -0.116. The number of aryl methyl sites for hydroxylation is 1. The van der Waals surface area contributed by atoms with Crippen LogP contribution in [0.3, 0.4) is 0 Å². The molecule has 0 aliphatic heterocycles. The Morgan fingerprint density at radius 2 is 2.12 bits per heavy atom. The van der Waals surface area contributed by atoms with Gasteiger partial charge in [0.05, 0.1) is 24.8 Å². The summed E-state index contributed by atoms with van der Waals surface area (Å²) in [4.78, 5) is 18.7. The van der Waals surface area contributed by atoms with E-state index in [0.29, 0.717) is 13.2 Å². The number of ether oxygens (including phenoxy) is 1. The molecule has 2 aromatic rings. The highest BCUT2D eigenvalue weighted by Gasteiger charge is 2.17. The Kier molecular flexibility index (Phi) is 8.03. The van der Waals surface area contributed by atoms with E-state index in [0.717, 1.165) is 29.6 Å². The summed E-state index contributed by atoms with van der Waals surface area (Å²) in [5, 5.41) is 9.75. The number of amides is 1. The average molecular weight is 372 g/mol. The lowest BCUT2D eigenvalue weighted by atomic mass is 10.2. The van der Waals surface area contributed by atoms with Crippen molar-refractivity contribution in [3.8, 4) is 11.8 Å². The second-order valence-electron chi connectivity index (χ2n) is 5.57. The molecule has 0 spiro atoms. The largest absolute Gasteiger partial charge is 0.494 e. The first kappa shape index (κ1) is 19.9. The quantitative estimate of drug-likeness (QED) is 0.594. The Labute approximate surface area is 158 Å². The zero-order valence-corrected chi connectivity index (χ0v) is 16.0. The third kappa shape index (κ3) is 5.53. The second-order valence-corrected chi connectivity index (χ2v) is 6.51. The number of nitriles is 1. The van der Waals surface area contributed by atoms with Crippen LogP contribution < -0.4 is 9.64 Å². The van der Waals surface area contributed by atoms with Gasteiger partial charge in [0.25, 0.3) is 0 Å². The lowest BCUT2D eigenvalue weighted by Crippen LogP contribution is -2.33. The van der Waals surface area contributed by atoms with Crippen LogP contribution >= 0.6 is 11.8 Å². The summed E-state index contributed by atoms with van der Waals surface area (Å²) in [6.07, 6.45) is 4.98. The topological polar surface area (TPSA) is 71.2 Å². The summed E-state index contributed by atoms with van der Waals surface area (Å²) in [6, 6.07) is 9.49. The minimum Gasteiger partial charge on any atom is -0.494 e. The van der Waals surface area contributed by atoms with E-state index in [2.05, 4.69) is 22.5 Å². The van der Waals surface area contributed by atoms with E-state index in [1.807, 2.05) is 37.4 Å². The van der Waals surface area contributed by atoms with Crippen LogP contribution in [0.5, 0.6) is 5.75 Å². The van der Waals surface area contributed by atoms with Crippen molar-refractivity contribution in [2.24, 2.45) is 0 Å². The van der Waals surface area contributed by atoms with E-state index < -0.39 is 0 Å². The van der Waals surface area contributed by atoms with E-state index in [1.54, 1.807) is 11.1 Å². The van der Waals surface area contributed by atoms with Crippen LogP contribution in [0.15, 0.2) is 41.8 Å². The molecule has 0 atom stereocenters. The standard InChI is InChI=1S/C19H24N4O2S/c1-3-12-22-14-11-21-19(22)26-15-18(24)23(13-5-10-20)16-6-8-17(9-7-16)25-4-2/h6-9,11,14H,3-5,12-13,15H2,1-2H3. The maximum Gasteiger partial charge on any atom is 0.237 e. The van der Waals surface area contributed by atoms with E-state index in [9.17, 15) is 4.79 Å². The zero-order valence-electron chi connectivity index (χ0n) is 15.2.